The molecule has 0 unspecified atom stereocenters. The molecule has 0 amide bonds. The van der Waals surface area contributed by atoms with Crippen molar-refractivity contribution in [3.05, 3.63) is 64.2 Å². The molecule has 0 aliphatic rings. The van der Waals surface area contributed by atoms with Crippen molar-refractivity contribution in [3.63, 3.8) is 0 Å². The average Bonchev–Trinajstić information content (AvgIpc) is 2.50. The van der Waals surface area contributed by atoms with Crippen LogP contribution >= 0.6 is 11.6 Å². The highest BCUT2D eigenvalue weighted by atomic mass is 35.5. The lowest BCUT2D eigenvalue weighted by Crippen LogP contribution is -1.95. The van der Waals surface area contributed by atoms with Crippen LogP contribution in [0.25, 0.3) is 0 Å². The van der Waals surface area contributed by atoms with E-state index in [1.54, 1.807) is 12.1 Å². The summed E-state index contributed by atoms with van der Waals surface area (Å²) in [5.41, 5.74) is 3.14. The van der Waals surface area contributed by atoms with Gasteiger partial charge >= 0.3 is 0 Å². The zero-order valence-corrected chi connectivity index (χ0v) is 11.8. The van der Waals surface area contributed by atoms with Gasteiger partial charge in [-0.25, -0.2) is 14.6 Å². The van der Waals surface area contributed by atoms with Gasteiger partial charge in [0.25, 0.3) is 0 Å². The zero-order valence-electron chi connectivity index (χ0n) is 11.0. The molecule has 104 valence electrons. The Morgan fingerprint density at radius 3 is 2.33 bits per heavy atom. The van der Waals surface area contributed by atoms with Crippen LogP contribution in [-0.2, 0) is 22.6 Å². The van der Waals surface area contributed by atoms with E-state index in [1.165, 1.54) is 12.2 Å². The smallest absolute Gasteiger partial charge is 0.211 e. The normalized spacial score (nSPS) is 9.57. The Balaban J connectivity index is 2.41. The first-order valence-corrected chi connectivity index (χ1v) is 6.59. The van der Waals surface area contributed by atoms with Crippen LogP contribution in [0.5, 0.6) is 0 Å². The molecule has 2 aromatic carbocycles. The van der Waals surface area contributed by atoms with Gasteiger partial charge in [-0.1, -0.05) is 48.0 Å². The Morgan fingerprint density at radius 2 is 1.62 bits per heavy atom. The van der Waals surface area contributed by atoms with Gasteiger partial charge in [0.15, 0.2) is 0 Å². The van der Waals surface area contributed by atoms with Gasteiger partial charge < -0.3 is 0 Å². The number of nitrogens with zero attached hydrogens (tertiary/aromatic N) is 2. The Hall–Kier alpha value is -2.51. The highest BCUT2D eigenvalue weighted by Gasteiger charge is 2.09. The van der Waals surface area contributed by atoms with E-state index < -0.39 is 0 Å². The molecule has 21 heavy (non-hydrogen) atoms. The first-order valence-electron chi connectivity index (χ1n) is 6.22. The maximum absolute atomic E-state index is 10.5. The standard InChI is InChI=1S/C16H11ClN2O2/c17-15-7-3-6-13(16(15)19-11-21)8-12-4-1-2-5-14(12)9-18-10-20/h1-7H,8-9H2. The monoisotopic (exact) mass is 298 g/mol. The third-order valence-corrected chi connectivity index (χ3v) is 3.35. The Morgan fingerprint density at radius 1 is 0.905 bits per heavy atom. The van der Waals surface area contributed by atoms with Crippen LogP contribution in [0.3, 0.4) is 0 Å². The van der Waals surface area contributed by atoms with Gasteiger partial charge in [0.2, 0.25) is 12.2 Å². The molecule has 0 spiro atoms. The van der Waals surface area contributed by atoms with Crippen molar-refractivity contribution in [2.75, 3.05) is 0 Å². The summed E-state index contributed by atoms with van der Waals surface area (Å²) in [4.78, 5) is 28.1. The molecule has 4 nitrogen and oxygen atoms in total. The number of carbonyl (C=O) groups excluding carboxylic acids is 2. The van der Waals surface area contributed by atoms with E-state index >= 15 is 0 Å². The number of rotatable bonds is 5. The minimum absolute atomic E-state index is 0.270. The minimum Gasteiger partial charge on any atom is -0.211 e. The average molecular weight is 299 g/mol. The predicted octanol–water partition coefficient (Wildman–Crippen LogP) is 3.73. The molecule has 0 bridgehead atoms. The summed E-state index contributed by atoms with van der Waals surface area (Å²) < 4.78 is 0. The SMILES string of the molecule is O=C=NCc1ccccc1Cc1cccc(Cl)c1N=C=O. The van der Waals surface area contributed by atoms with Gasteiger partial charge in [-0.05, 0) is 29.2 Å². The molecule has 0 saturated carbocycles. The molecule has 0 radical (unpaired) electrons. The fourth-order valence-electron chi connectivity index (χ4n) is 2.08. The summed E-state index contributed by atoms with van der Waals surface area (Å²) in [6.07, 6.45) is 3.59. The number of isocyanates is 2. The number of hydrogen-bond acceptors (Lipinski definition) is 4. The summed E-state index contributed by atoms with van der Waals surface area (Å²) in [7, 11) is 0. The number of hydrogen-bond donors (Lipinski definition) is 0. The third kappa shape index (κ3) is 3.74. The largest absolute Gasteiger partial charge is 0.240 e. The second-order valence-electron chi connectivity index (χ2n) is 4.30. The predicted molar refractivity (Wildman–Crippen MR) is 80.3 cm³/mol. The van der Waals surface area contributed by atoms with Crippen molar-refractivity contribution < 1.29 is 9.59 Å². The van der Waals surface area contributed by atoms with Crippen molar-refractivity contribution in [2.24, 2.45) is 9.98 Å². The highest BCUT2D eigenvalue weighted by Crippen LogP contribution is 2.30. The van der Waals surface area contributed by atoms with Gasteiger partial charge in [0.1, 0.15) is 0 Å². The minimum atomic E-state index is 0.270. The van der Waals surface area contributed by atoms with E-state index in [-0.39, 0.29) is 6.54 Å². The van der Waals surface area contributed by atoms with E-state index in [9.17, 15) is 9.59 Å². The van der Waals surface area contributed by atoms with E-state index in [0.29, 0.717) is 17.1 Å². The van der Waals surface area contributed by atoms with E-state index in [4.69, 9.17) is 11.6 Å². The van der Waals surface area contributed by atoms with Gasteiger partial charge in [-0.2, -0.15) is 4.99 Å². The van der Waals surface area contributed by atoms with Crippen molar-refractivity contribution >= 4 is 29.4 Å². The highest BCUT2D eigenvalue weighted by molar-refractivity contribution is 6.33. The van der Waals surface area contributed by atoms with Gasteiger partial charge in [0, 0.05) is 0 Å². The molecule has 0 atom stereocenters. The van der Waals surface area contributed by atoms with Gasteiger partial charge in [-0.3, -0.25) is 0 Å². The quantitative estimate of drug-likeness (QED) is 0.623. The lowest BCUT2D eigenvalue weighted by Gasteiger charge is -2.09. The number of halogens is 1. The number of benzene rings is 2. The van der Waals surface area contributed by atoms with Crippen LogP contribution in [0.15, 0.2) is 52.4 Å². The molecule has 2 aromatic rings. The molecule has 2 rings (SSSR count). The van der Waals surface area contributed by atoms with Crippen molar-refractivity contribution in [1.82, 2.24) is 0 Å². The van der Waals surface area contributed by atoms with E-state index in [0.717, 1.165) is 16.7 Å². The van der Waals surface area contributed by atoms with Crippen LogP contribution < -0.4 is 0 Å². The first-order chi connectivity index (χ1) is 10.3. The Kier molecular flexibility index (Phi) is 5.19. The number of para-hydroxylation sites is 1. The Labute approximate surface area is 126 Å². The van der Waals surface area contributed by atoms with Crippen LogP contribution in [0.2, 0.25) is 5.02 Å². The lowest BCUT2D eigenvalue weighted by molar-refractivity contribution is 0.562. The maximum atomic E-state index is 10.5. The summed E-state index contributed by atoms with van der Waals surface area (Å²) in [5, 5.41) is 0.402. The molecule has 0 saturated heterocycles. The van der Waals surface area contributed by atoms with Crippen molar-refractivity contribution in [1.29, 1.82) is 0 Å². The topological polar surface area (TPSA) is 58.9 Å². The molecule has 0 aliphatic heterocycles. The van der Waals surface area contributed by atoms with Crippen molar-refractivity contribution in [3.8, 4) is 0 Å². The first kappa shape index (κ1) is 14.9. The molecule has 5 heteroatoms. The number of aliphatic imine (C=N–C) groups is 2. The fraction of sp³-hybridized carbons (Fsp3) is 0.125. The van der Waals surface area contributed by atoms with Crippen molar-refractivity contribution in [2.45, 2.75) is 13.0 Å². The second-order valence-corrected chi connectivity index (χ2v) is 4.71. The van der Waals surface area contributed by atoms with E-state index in [1.807, 2.05) is 30.3 Å². The molecule has 0 fully saturated rings. The molecule has 0 aliphatic carbocycles. The van der Waals surface area contributed by atoms with Gasteiger partial charge in [0.05, 0.1) is 17.3 Å². The summed E-state index contributed by atoms with van der Waals surface area (Å²) in [6, 6.07) is 12.9. The fourth-order valence-corrected chi connectivity index (χ4v) is 2.32. The third-order valence-electron chi connectivity index (χ3n) is 3.04. The molecule has 0 heterocycles. The van der Waals surface area contributed by atoms with Gasteiger partial charge in [-0.15, -0.1) is 0 Å². The van der Waals surface area contributed by atoms with Crippen LogP contribution in [0, 0.1) is 0 Å². The van der Waals surface area contributed by atoms with Crippen LogP contribution in [0.4, 0.5) is 5.69 Å². The molecular weight excluding hydrogens is 288 g/mol. The second kappa shape index (κ2) is 7.32. The molecule has 0 aromatic heterocycles. The maximum Gasteiger partial charge on any atom is 0.240 e. The van der Waals surface area contributed by atoms with Crippen LogP contribution in [-0.4, -0.2) is 12.2 Å². The summed E-state index contributed by atoms with van der Waals surface area (Å²) in [5.74, 6) is 0. The Bertz CT molecular complexity index is 746. The summed E-state index contributed by atoms with van der Waals surface area (Å²) in [6.45, 7) is 0.270. The van der Waals surface area contributed by atoms with E-state index in [2.05, 4.69) is 9.98 Å². The summed E-state index contributed by atoms with van der Waals surface area (Å²) >= 11 is 6.06. The zero-order chi connectivity index (χ0) is 15.1. The lowest BCUT2D eigenvalue weighted by atomic mass is 9.98. The van der Waals surface area contributed by atoms with Crippen LogP contribution in [0.1, 0.15) is 16.7 Å². The molecule has 0 N–H and O–H groups in total. The molecular formula is C16H11ClN2O2.